The molecule has 1 rings (SSSR count). The Morgan fingerprint density at radius 3 is 2.14 bits per heavy atom. The summed E-state index contributed by atoms with van der Waals surface area (Å²) in [5, 5.41) is 0.175. The van der Waals surface area contributed by atoms with Crippen LogP contribution in [0, 0.1) is 0 Å². The minimum atomic E-state index is -1.86. The SMILES string of the molecule is C=CCCCCCCCCCC[C@H](CC1=C[C@H](C)OC1=O)O[Si](C)(C)C(C)(C)C. The zero-order valence-electron chi connectivity index (χ0n) is 20.0. The maximum absolute atomic E-state index is 12.1. The first-order chi connectivity index (χ1) is 13.6. The third kappa shape index (κ3) is 10.1. The van der Waals surface area contributed by atoms with E-state index in [0.717, 1.165) is 18.4 Å². The molecule has 0 amide bonds. The summed E-state index contributed by atoms with van der Waals surface area (Å²) < 4.78 is 12.0. The van der Waals surface area contributed by atoms with Gasteiger partial charge in [-0.3, -0.25) is 0 Å². The second kappa shape index (κ2) is 12.7. The third-order valence-electron chi connectivity index (χ3n) is 6.39. The van der Waals surface area contributed by atoms with Gasteiger partial charge in [0.1, 0.15) is 6.10 Å². The van der Waals surface area contributed by atoms with E-state index in [0.29, 0.717) is 6.42 Å². The van der Waals surface area contributed by atoms with E-state index in [1.807, 2.05) is 19.1 Å². The largest absolute Gasteiger partial charge is 0.455 e. The first-order valence-corrected chi connectivity index (χ1v) is 14.7. The molecular formula is C25H46O3Si. The van der Waals surface area contributed by atoms with Gasteiger partial charge in [-0.15, -0.1) is 6.58 Å². The van der Waals surface area contributed by atoms with E-state index in [1.54, 1.807) is 0 Å². The topological polar surface area (TPSA) is 35.5 Å². The summed E-state index contributed by atoms with van der Waals surface area (Å²) in [6.45, 7) is 17.1. The van der Waals surface area contributed by atoms with Crippen LogP contribution >= 0.6 is 0 Å². The van der Waals surface area contributed by atoms with Crippen LogP contribution in [0.3, 0.4) is 0 Å². The minimum absolute atomic E-state index is 0.0995. The molecule has 0 fully saturated rings. The number of rotatable bonds is 15. The van der Waals surface area contributed by atoms with Gasteiger partial charge in [0, 0.05) is 18.1 Å². The quantitative estimate of drug-likeness (QED) is 0.117. The van der Waals surface area contributed by atoms with Crippen molar-refractivity contribution >= 4 is 14.3 Å². The molecular weight excluding hydrogens is 376 g/mol. The smallest absolute Gasteiger partial charge is 0.334 e. The second-order valence-corrected chi connectivity index (χ2v) is 15.0. The molecule has 0 saturated heterocycles. The number of hydrogen-bond donors (Lipinski definition) is 0. The number of carbonyl (C=O) groups excluding carboxylic acids is 1. The molecule has 0 spiro atoms. The van der Waals surface area contributed by atoms with Crippen LogP contribution in [-0.2, 0) is 14.0 Å². The molecule has 0 unspecified atom stereocenters. The summed E-state index contributed by atoms with van der Waals surface area (Å²) >= 11 is 0. The van der Waals surface area contributed by atoms with Gasteiger partial charge in [0.25, 0.3) is 0 Å². The van der Waals surface area contributed by atoms with E-state index in [9.17, 15) is 4.79 Å². The average molecular weight is 423 g/mol. The molecule has 1 heterocycles. The highest BCUT2D eigenvalue weighted by molar-refractivity contribution is 6.74. The molecule has 0 radical (unpaired) electrons. The predicted molar refractivity (Wildman–Crippen MR) is 127 cm³/mol. The molecule has 1 aliphatic heterocycles. The van der Waals surface area contributed by atoms with Crippen molar-refractivity contribution in [2.75, 3.05) is 0 Å². The van der Waals surface area contributed by atoms with Gasteiger partial charge in [-0.05, 0) is 50.4 Å². The van der Waals surface area contributed by atoms with E-state index in [-0.39, 0.29) is 23.2 Å². The predicted octanol–water partition coefficient (Wildman–Crippen LogP) is 7.73. The number of esters is 1. The number of unbranched alkanes of at least 4 members (excludes halogenated alkanes) is 8. The Bertz CT molecular complexity index is 531. The Morgan fingerprint density at radius 2 is 1.66 bits per heavy atom. The van der Waals surface area contributed by atoms with Gasteiger partial charge in [-0.2, -0.15) is 0 Å². The molecule has 0 saturated carbocycles. The second-order valence-electron chi connectivity index (χ2n) is 10.2. The molecule has 168 valence electrons. The number of ether oxygens (including phenoxy) is 1. The van der Waals surface area contributed by atoms with E-state index in [1.165, 1.54) is 51.4 Å². The van der Waals surface area contributed by atoms with Crippen molar-refractivity contribution in [3.63, 3.8) is 0 Å². The van der Waals surface area contributed by atoms with Crippen LogP contribution in [0.2, 0.25) is 18.1 Å². The highest BCUT2D eigenvalue weighted by Crippen LogP contribution is 2.39. The van der Waals surface area contributed by atoms with E-state index >= 15 is 0 Å². The Kier molecular flexibility index (Phi) is 11.5. The molecule has 0 aromatic heterocycles. The van der Waals surface area contributed by atoms with Crippen molar-refractivity contribution in [1.82, 2.24) is 0 Å². The van der Waals surface area contributed by atoms with E-state index in [4.69, 9.17) is 9.16 Å². The Labute approximate surface area is 181 Å². The fourth-order valence-corrected chi connectivity index (χ4v) is 4.93. The van der Waals surface area contributed by atoms with Gasteiger partial charge < -0.3 is 9.16 Å². The lowest BCUT2D eigenvalue weighted by Crippen LogP contribution is -2.44. The monoisotopic (exact) mass is 422 g/mol. The molecule has 0 bridgehead atoms. The Balaban J connectivity index is 2.43. The standard InChI is InChI=1S/C25H46O3Si/c1-8-9-10-11-12-13-14-15-16-17-18-23(28-29(6,7)25(3,4)5)20-22-19-21(2)27-24(22)26/h8,19,21,23H,1,9-18,20H2,2-7H3/t21-,23+/m0/s1. The number of cyclic esters (lactones) is 1. The summed E-state index contributed by atoms with van der Waals surface area (Å²) in [7, 11) is -1.86. The van der Waals surface area contributed by atoms with Crippen molar-refractivity contribution in [1.29, 1.82) is 0 Å². The number of allylic oxidation sites excluding steroid dienone is 1. The van der Waals surface area contributed by atoms with Gasteiger partial charge in [0.2, 0.25) is 0 Å². The van der Waals surface area contributed by atoms with Crippen LogP contribution in [0.25, 0.3) is 0 Å². The summed E-state index contributed by atoms with van der Waals surface area (Å²) in [5.41, 5.74) is 0.806. The summed E-state index contributed by atoms with van der Waals surface area (Å²) in [4.78, 5) is 12.1. The van der Waals surface area contributed by atoms with Gasteiger partial charge in [0.05, 0.1) is 0 Å². The zero-order valence-corrected chi connectivity index (χ0v) is 21.0. The fourth-order valence-electron chi connectivity index (χ4n) is 3.54. The fraction of sp³-hybridized carbons (Fsp3) is 0.800. The van der Waals surface area contributed by atoms with Crippen molar-refractivity contribution < 1.29 is 14.0 Å². The zero-order chi connectivity index (χ0) is 21.9. The maximum Gasteiger partial charge on any atom is 0.334 e. The molecule has 0 aromatic carbocycles. The van der Waals surface area contributed by atoms with Crippen LogP contribution in [-0.4, -0.2) is 26.5 Å². The molecule has 0 N–H and O–H groups in total. The van der Waals surface area contributed by atoms with Crippen LogP contribution in [0.15, 0.2) is 24.3 Å². The highest BCUT2D eigenvalue weighted by Gasteiger charge is 2.39. The minimum Gasteiger partial charge on any atom is -0.455 e. The van der Waals surface area contributed by atoms with Crippen molar-refractivity contribution in [2.24, 2.45) is 0 Å². The summed E-state index contributed by atoms with van der Waals surface area (Å²) in [5.74, 6) is -0.155. The molecule has 0 aromatic rings. The Hall–Kier alpha value is -0.873. The lowest BCUT2D eigenvalue weighted by Gasteiger charge is -2.39. The van der Waals surface area contributed by atoms with Gasteiger partial charge in [0.15, 0.2) is 8.32 Å². The molecule has 2 atom stereocenters. The van der Waals surface area contributed by atoms with Crippen LogP contribution in [0.5, 0.6) is 0 Å². The summed E-state index contributed by atoms with van der Waals surface area (Å²) in [6, 6.07) is 0. The Morgan fingerprint density at radius 1 is 1.10 bits per heavy atom. The number of carbonyl (C=O) groups is 1. The van der Waals surface area contributed by atoms with Crippen LogP contribution < -0.4 is 0 Å². The molecule has 0 aliphatic carbocycles. The molecule has 4 heteroatoms. The first-order valence-electron chi connectivity index (χ1n) is 11.8. The van der Waals surface area contributed by atoms with Crippen molar-refractivity contribution in [3.05, 3.63) is 24.3 Å². The lowest BCUT2D eigenvalue weighted by molar-refractivity contribution is -0.139. The van der Waals surface area contributed by atoms with E-state index in [2.05, 4.69) is 40.4 Å². The number of hydrogen-bond acceptors (Lipinski definition) is 3. The van der Waals surface area contributed by atoms with E-state index < -0.39 is 8.32 Å². The van der Waals surface area contributed by atoms with Crippen molar-refractivity contribution in [3.8, 4) is 0 Å². The van der Waals surface area contributed by atoms with Gasteiger partial charge in [-0.25, -0.2) is 4.79 Å². The third-order valence-corrected chi connectivity index (χ3v) is 10.9. The molecule has 3 nitrogen and oxygen atoms in total. The first kappa shape index (κ1) is 26.2. The lowest BCUT2D eigenvalue weighted by atomic mass is 10.0. The molecule has 1 aliphatic rings. The van der Waals surface area contributed by atoms with Crippen molar-refractivity contribution in [2.45, 2.75) is 129 Å². The average Bonchev–Trinajstić information content (AvgIpc) is 2.92. The van der Waals surface area contributed by atoms with Crippen LogP contribution in [0.1, 0.15) is 98.3 Å². The highest BCUT2D eigenvalue weighted by atomic mass is 28.4. The maximum atomic E-state index is 12.1. The molecule has 29 heavy (non-hydrogen) atoms. The van der Waals surface area contributed by atoms with Crippen LogP contribution in [0.4, 0.5) is 0 Å². The van der Waals surface area contributed by atoms with Gasteiger partial charge in [-0.1, -0.05) is 71.8 Å². The summed E-state index contributed by atoms with van der Waals surface area (Å²) in [6.07, 6.45) is 17.3. The normalized spacial score (nSPS) is 18.5. The van der Waals surface area contributed by atoms with Gasteiger partial charge >= 0.3 is 5.97 Å².